The molecule has 1 N–H and O–H groups in total. The molecule has 1 amide bonds. The average Bonchev–Trinajstić information content (AvgIpc) is 3.02. The molecule has 3 rings (SSSR count). The van der Waals surface area contributed by atoms with Gasteiger partial charge in [0.2, 0.25) is 0 Å². The SMILES string of the molecule is COc1csc(C(=O)N2Cc3ccccc3C(C(=O)O)C2)c1. The first-order valence-corrected chi connectivity index (χ1v) is 7.70. The van der Waals surface area contributed by atoms with Crippen LogP contribution in [0, 0.1) is 0 Å². The fourth-order valence-corrected chi connectivity index (χ4v) is 3.49. The number of rotatable bonds is 3. The number of hydrogen-bond acceptors (Lipinski definition) is 4. The highest BCUT2D eigenvalue weighted by Gasteiger charge is 2.33. The van der Waals surface area contributed by atoms with Crippen LogP contribution < -0.4 is 4.74 Å². The number of aliphatic carboxylic acids is 1. The van der Waals surface area contributed by atoms with Gasteiger partial charge in [0.15, 0.2) is 0 Å². The molecule has 0 spiro atoms. The molecule has 1 aromatic heterocycles. The molecule has 0 saturated heterocycles. The number of nitrogens with zero attached hydrogens (tertiary/aromatic N) is 1. The Bertz CT molecular complexity index is 724. The van der Waals surface area contributed by atoms with Crippen LogP contribution in [0.25, 0.3) is 0 Å². The molecule has 114 valence electrons. The van der Waals surface area contributed by atoms with E-state index in [4.69, 9.17) is 4.74 Å². The Hall–Kier alpha value is -2.34. The summed E-state index contributed by atoms with van der Waals surface area (Å²) < 4.78 is 5.09. The Labute approximate surface area is 131 Å². The summed E-state index contributed by atoms with van der Waals surface area (Å²) in [5, 5.41) is 11.2. The molecular formula is C16H15NO4S. The Morgan fingerprint density at radius 2 is 2.14 bits per heavy atom. The van der Waals surface area contributed by atoms with Crippen molar-refractivity contribution in [1.82, 2.24) is 4.90 Å². The second-order valence-electron chi connectivity index (χ2n) is 5.13. The van der Waals surface area contributed by atoms with Crippen LogP contribution in [0.3, 0.4) is 0 Å². The van der Waals surface area contributed by atoms with Crippen molar-refractivity contribution in [2.24, 2.45) is 0 Å². The maximum Gasteiger partial charge on any atom is 0.312 e. The molecule has 5 nitrogen and oxygen atoms in total. The van der Waals surface area contributed by atoms with Crippen molar-refractivity contribution < 1.29 is 19.4 Å². The molecular weight excluding hydrogens is 302 g/mol. The number of thiophene rings is 1. The van der Waals surface area contributed by atoms with Crippen LogP contribution in [0.1, 0.15) is 26.7 Å². The van der Waals surface area contributed by atoms with Crippen LogP contribution >= 0.6 is 11.3 Å². The number of carboxylic acid groups (broad SMARTS) is 1. The van der Waals surface area contributed by atoms with Gasteiger partial charge in [-0.15, -0.1) is 11.3 Å². The lowest BCUT2D eigenvalue weighted by atomic mass is 9.90. The zero-order chi connectivity index (χ0) is 15.7. The van der Waals surface area contributed by atoms with E-state index in [0.717, 1.165) is 11.1 Å². The van der Waals surface area contributed by atoms with E-state index in [2.05, 4.69) is 0 Å². The minimum absolute atomic E-state index is 0.158. The van der Waals surface area contributed by atoms with Gasteiger partial charge in [-0.2, -0.15) is 0 Å². The van der Waals surface area contributed by atoms with E-state index in [1.54, 1.807) is 23.5 Å². The lowest BCUT2D eigenvalue weighted by Gasteiger charge is -2.32. The van der Waals surface area contributed by atoms with E-state index in [-0.39, 0.29) is 12.5 Å². The third-order valence-electron chi connectivity index (χ3n) is 3.80. The molecule has 0 radical (unpaired) electrons. The first-order chi connectivity index (χ1) is 10.6. The standard InChI is InChI=1S/C16H15NO4S/c1-21-11-6-14(22-9-11)15(18)17-7-10-4-2-3-5-12(10)13(8-17)16(19)20/h2-6,9,13H,7-8H2,1H3,(H,19,20). The maximum atomic E-state index is 12.6. The summed E-state index contributed by atoms with van der Waals surface area (Å²) in [4.78, 5) is 26.3. The molecule has 0 aliphatic carbocycles. The summed E-state index contributed by atoms with van der Waals surface area (Å²) in [5.41, 5.74) is 1.68. The number of ether oxygens (including phenoxy) is 1. The number of fused-ring (bicyclic) bond motifs is 1. The van der Waals surface area contributed by atoms with Crippen molar-refractivity contribution in [2.45, 2.75) is 12.5 Å². The maximum absolute atomic E-state index is 12.6. The van der Waals surface area contributed by atoms with Gasteiger partial charge >= 0.3 is 5.97 Å². The fraction of sp³-hybridized carbons (Fsp3) is 0.250. The van der Waals surface area contributed by atoms with Crippen LogP contribution in [0.15, 0.2) is 35.7 Å². The van der Waals surface area contributed by atoms with E-state index in [1.807, 2.05) is 24.3 Å². The van der Waals surface area contributed by atoms with Crippen molar-refractivity contribution in [3.63, 3.8) is 0 Å². The lowest BCUT2D eigenvalue weighted by Crippen LogP contribution is -2.40. The summed E-state index contributed by atoms with van der Waals surface area (Å²) in [6, 6.07) is 9.07. The molecule has 6 heteroatoms. The van der Waals surface area contributed by atoms with Crippen LogP contribution in [0.5, 0.6) is 5.75 Å². The van der Waals surface area contributed by atoms with E-state index >= 15 is 0 Å². The summed E-state index contributed by atoms with van der Waals surface area (Å²) in [7, 11) is 1.55. The minimum atomic E-state index is -0.909. The Morgan fingerprint density at radius 1 is 1.36 bits per heavy atom. The van der Waals surface area contributed by atoms with Gasteiger partial charge in [-0.05, 0) is 11.1 Å². The normalized spacial score (nSPS) is 17.0. The number of amides is 1. The van der Waals surface area contributed by atoms with Gasteiger partial charge < -0.3 is 14.7 Å². The predicted octanol–water partition coefficient (Wildman–Crippen LogP) is 2.58. The summed E-state index contributed by atoms with van der Waals surface area (Å²) in [6.07, 6.45) is 0. The van der Waals surface area contributed by atoms with E-state index in [1.165, 1.54) is 11.3 Å². The molecule has 0 saturated carbocycles. The van der Waals surface area contributed by atoms with Crippen LogP contribution in [0.2, 0.25) is 0 Å². The molecule has 1 aliphatic heterocycles. The predicted molar refractivity (Wildman–Crippen MR) is 82.4 cm³/mol. The number of carboxylic acids is 1. The molecule has 1 aromatic carbocycles. The Balaban J connectivity index is 1.90. The van der Waals surface area contributed by atoms with Crippen molar-refractivity contribution in [2.75, 3.05) is 13.7 Å². The summed E-state index contributed by atoms with van der Waals surface area (Å²) in [5.74, 6) is -1.11. The number of benzene rings is 1. The van der Waals surface area contributed by atoms with Gasteiger partial charge in [0.1, 0.15) is 5.75 Å². The summed E-state index contributed by atoms with van der Waals surface area (Å²) >= 11 is 1.30. The van der Waals surface area contributed by atoms with Gasteiger partial charge in [-0.25, -0.2) is 0 Å². The van der Waals surface area contributed by atoms with Crippen molar-refractivity contribution in [1.29, 1.82) is 0 Å². The zero-order valence-electron chi connectivity index (χ0n) is 12.0. The first-order valence-electron chi connectivity index (χ1n) is 6.82. The molecule has 2 heterocycles. The first kappa shape index (κ1) is 14.6. The minimum Gasteiger partial charge on any atom is -0.496 e. The lowest BCUT2D eigenvalue weighted by molar-refractivity contribution is -0.139. The largest absolute Gasteiger partial charge is 0.496 e. The second-order valence-corrected chi connectivity index (χ2v) is 6.04. The fourth-order valence-electron chi connectivity index (χ4n) is 2.67. The third kappa shape index (κ3) is 2.57. The van der Waals surface area contributed by atoms with Gasteiger partial charge in [0.25, 0.3) is 5.91 Å². The number of methoxy groups -OCH3 is 1. The highest BCUT2D eigenvalue weighted by Crippen LogP contribution is 2.31. The quantitative estimate of drug-likeness (QED) is 0.945. The third-order valence-corrected chi connectivity index (χ3v) is 4.70. The molecule has 0 fully saturated rings. The molecule has 0 bridgehead atoms. The van der Waals surface area contributed by atoms with Gasteiger partial charge in [-0.3, -0.25) is 9.59 Å². The Morgan fingerprint density at radius 3 is 2.82 bits per heavy atom. The average molecular weight is 317 g/mol. The van der Waals surface area contributed by atoms with E-state index in [9.17, 15) is 14.7 Å². The molecule has 22 heavy (non-hydrogen) atoms. The highest BCUT2D eigenvalue weighted by molar-refractivity contribution is 7.12. The van der Waals surface area contributed by atoms with Crippen LogP contribution in [-0.4, -0.2) is 35.5 Å². The van der Waals surface area contributed by atoms with Gasteiger partial charge in [-0.1, -0.05) is 24.3 Å². The number of carbonyl (C=O) groups is 2. The Kier molecular flexibility index (Phi) is 3.85. The summed E-state index contributed by atoms with van der Waals surface area (Å²) in [6.45, 7) is 0.615. The van der Waals surface area contributed by atoms with Crippen molar-refractivity contribution in [3.05, 3.63) is 51.7 Å². The number of hydrogen-bond donors (Lipinski definition) is 1. The molecule has 2 aromatic rings. The van der Waals surface area contributed by atoms with Crippen LogP contribution in [0.4, 0.5) is 0 Å². The zero-order valence-corrected chi connectivity index (χ0v) is 12.8. The van der Waals surface area contributed by atoms with Crippen LogP contribution in [-0.2, 0) is 11.3 Å². The highest BCUT2D eigenvalue weighted by atomic mass is 32.1. The van der Waals surface area contributed by atoms with Gasteiger partial charge in [0.05, 0.1) is 17.9 Å². The number of carbonyl (C=O) groups excluding carboxylic acids is 1. The van der Waals surface area contributed by atoms with E-state index in [0.29, 0.717) is 17.2 Å². The topological polar surface area (TPSA) is 66.8 Å². The molecule has 1 atom stereocenters. The molecule has 1 aliphatic rings. The van der Waals surface area contributed by atoms with Crippen molar-refractivity contribution in [3.8, 4) is 5.75 Å². The second kappa shape index (κ2) is 5.81. The monoisotopic (exact) mass is 317 g/mol. The molecule has 1 unspecified atom stereocenters. The van der Waals surface area contributed by atoms with Gasteiger partial charge in [0, 0.05) is 24.5 Å². The van der Waals surface area contributed by atoms with Crippen molar-refractivity contribution >= 4 is 23.2 Å². The smallest absolute Gasteiger partial charge is 0.312 e. The van der Waals surface area contributed by atoms with E-state index < -0.39 is 11.9 Å².